The lowest BCUT2D eigenvalue weighted by atomic mass is 9.83. The summed E-state index contributed by atoms with van der Waals surface area (Å²) in [5, 5.41) is 10.0. The number of aromatic nitrogens is 1. The van der Waals surface area contributed by atoms with Crippen LogP contribution in [0.2, 0.25) is 0 Å². The van der Waals surface area contributed by atoms with Crippen LogP contribution in [0, 0.1) is 5.92 Å². The van der Waals surface area contributed by atoms with Crippen LogP contribution in [-0.2, 0) is 0 Å². The van der Waals surface area contributed by atoms with Gasteiger partial charge in [0.25, 0.3) is 5.91 Å². The van der Waals surface area contributed by atoms with E-state index in [-0.39, 0.29) is 11.8 Å². The summed E-state index contributed by atoms with van der Waals surface area (Å²) < 4.78 is 0. The number of β-amino-alcohol motifs (C(OH)–C–C–N with tert-alkyl or cyclic N) is 1. The highest BCUT2D eigenvalue weighted by atomic mass is 16.3. The molecule has 0 unspecified atom stereocenters. The van der Waals surface area contributed by atoms with Crippen molar-refractivity contribution in [1.82, 2.24) is 9.88 Å². The first-order valence-electron chi connectivity index (χ1n) is 5.18. The quantitative estimate of drug-likeness (QED) is 0.757. The van der Waals surface area contributed by atoms with E-state index in [0.717, 1.165) is 0 Å². The summed E-state index contributed by atoms with van der Waals surface area (Å²) in [7, 11) is 0. The zero-order chi connectivity index (χ0) is 11.1. The molecule has 1 aliphatic rings. The molecular weight excluding hydrogens is 192 g/mol. The van der Waals surface area contributed by atoms with Crippen LogP contribution >= 0.6 is 0 Å². The highest BCUT2D eigenvalue weighted by Gasteiger charge is 2.46. The van der Waals surface area contributed by atoms with E-state index in [4.69, 9.17) is 0 Å². The fourth-order valence-corrected chi connectivity index (χ4v) is 1.76. The normalized spacial score (nSPS) is 19.1. The first-order chi connectivity index (χ1) is 7.03. The molecule has 82 valence electrons. The van der Waals surface area contributed by atoms with Gasteiger partial charge in [-0.2, -0.15) is 0 Å². The van der Waals surface area contributed by atoms with E-state index in [0.29, 0.717) is 18.8 Å². The molecule has 2 heterocycles. The molecule has 0 saturated carbocycles. The van der Waals surface area contributed by atoms with Crippen LogP contribution < -0.4 is 0 Å². The standard InChI is InChI=1S/C11H16N2O2/c1-8(2)11(15)6-13(7-11)10(14)9-4-3-5-12-9/h3-5,8,12,15H,6-7H2,1-2H3. The predicted octanol–water partition coefficient (Wildman–Crippen LogP) is 0.858. The van der Waals surface area contributed by atoms with E-state index < -0.39 is 5.60 Å². The summed E-state index contributed by atoms with van der Waals surface area (Å²) in [6, 6.07) is 3.54. The van der Waals surface area contributed by atoms with Crippen molar-refractivity contribution in [3.05, 3.63) is 24.0 Å². The third kappa shape index (κ3) is 1.65. The number of carbonyl (C=O) groups excluding carboxylic acids is 1. The van der Waals surface area contributed by atoms with E-state index >= 15 is 0 Å². The molecule has 1 fully saturated rings. The Morgan fingerprint density at radius 3 is 2.73 bits per heavy atom. The van der Waals surface area contributed by atoms with Crippen molar-refractivity contribution in [2.45, 2.75) is 19.4 Å². The van der Waals surface area contributed by atoms with Gasteiger partial charge >= 0.3 is 0 Å². The molecule has 0 atom stereocenters. The molecule has 15 heavy (non-hydrogen) atoms. The van der Waals surface area contributed by atoms with Gasteiger partial charge in [-0.05, 0) is 18.1 Å². The third-order valence-electron chi connectivity index (χ3n) is 3.12. The van der Waals surface area contributed by atoms with Crippen molar-refractivity contribution in [2.24, 2.45) is 5.92 Å². The van der Waals surface area contributed by atoms with Gasteiger partial charge in [0, 0.05) is 6.20 Å². The average Bonchev–Trinajstić information content (AvgIpc) is 2.64. The molecule has 0 aliphatic carbocycles. The maximum Gasteiger partial charge on any atom is 0.270 e. The van der Waals surface area contributed by atoms with E-state index in [1.165, 1.54) is 0 Å². The molecule has 1 aromatic heterocycles. The average molecular weight is 208 g/mol. The lowest BCUT2D eigenvalue weighted by Crippen LogP contribution is -2.66. The molecular formula is C11H16N2O2. The molecule has 1 aromatic rings. The third-order valence-corrected chi connectivity index (χ3v) is 3.12. The van der Waals surface area contributed by atoms with E-state index in [2.05, 4.69) is 4.98 Å². The Balaban J connectivity index is 1.98. The molecule has 0 bridgehead atoms. The maximum atomic E-state index is 11.8. The summed E-state index contributed by atoms with van der Waals surface area (Å²) in [6.07, 6.45) is 1.72. The number of nitrogens with zero attached hydrogens (tertiary/aromatic N) is 1. The van der Waals surface area contributed by atoms with Gasteiger partial charge in [0.2, 0.25) is 0 Å². The topological polar surface area (TPSA) is 56.3 Å². The van der Waals surface area contributed by atoms with Gasteiger partial charge in [0.15, 0.2) is 0 Å². The first kappa shape index (κ1) is 10.2. The largest absolute Gasteiger partial charge is 0.386 e. The summed E-state index contributed by atoms with van der Waals surface area (Å²) in [5.41, 5.74) is -0.108. The minimum absolute atomic E-state index is 0.0367. The van der Waals surface area contributed by atoms with Gasteiger partial charge in [-0.1, -0.05) is 13.8 Å². The molecule has 1 amide bonds. The molecule has 0 radical (unpaired) electrons. The van der Waals surface area contributed by atoms with Crippen LogP contribution in [0.5, 0.6) is 0 Å². The first-order valence-corrected chi connectivity index (χ1v) is 5.18. The Hall–Kier alpha value is -1.29. The SMILES string of the molecule is CC(C)C1(O)CN(C(=O)c2ccc[nH]2)C1. The number of aliphatic hydroxyl groups is 1. The minimum atomic E-state index is -0.692. The zero-order valence-corrected chi connectivity index (χ0v) is 9.03. The Labute approximate surface area is 88.9 Å². The van der Waals surface area contributed by atoms with Gasteiger partial charge in [0.05, 0.1) is 13.1 Å². The van der Waals surface area contributed by atoms with E-state index in [1.54, 1.807) is 23.2 Å². The van der Waals surface area contributed by atoms with Crippen LogP contribution in [0.3, 0.4) is 0 Å². The number of hydrogen-bond donors (Lipinski definition) is 2. The number of hydrogen-bond acceptors (Lipinski definition) is 2. The highest BCUT2D eigenvalue weighted by molar-refractivity contribution is 5.93. The molecule has 2 rings (SSSR count). The van der Waals surface area contributed by atoms with Crippen LogP contribution in [0.25, 0.3) is 0 Å². The summed E-state index contributed by atoms with van der Waals surface area (Å²) in [5.74, 6) is 0.149. The number of nitrogens with one attached hydrogen (secondary N) is 1. The predicted molar refractivity (Wildman–Crippen MR) is 56.5 cm³/mol. The Morgan fingerprint density at radius 2 is 2.27 bits per heavy atom. The smallest absolute Gasteiger partial charge is 0.270 e. The van der Waals surface area contributed by atoms with Crippen LogP contribution in [0.4, 0.5) is 0 Å². The van der Waals surface area contributed by atoms with Crippen LogP contribution in [0.15, 0.2) is 18.3 Å². The lowest BCUT2D eigenvalue weighted by Gasteiger charge is -2.48. The van der Waals surface area contributed by atoms with Gasteiger partial charge in [0.1, 0.15) is 11.3 Å². The summed E-state index contributed by atoms with van der Waals surface area (Å²) >= 11 is 0. The number of carbonyl (C=O) groups is 1. The maximum absolute atomic E-state index is 11.8. The number of rotatable bonds is 2. The lowest BCUT2D eigenvalue weighted by molar-refractivity contribution is -0.111. The molecule has 4 heteroatoms. The number of likely N-dealkylation sites (tertiary alicyclic amines) is 1. The van der Waals surface area contributed by atoms with Crippen molar-refractivity contribution in [1.29, 1.82) is 0 Å². The zero-order valence-electron chi connectivity index (χ0n) is 9.03. The van der Waals surface area contributed by atoms with Crippen molar-refractivity contribution in [2.75, 3.05) is 13.1 Å². The highest BCUT2D eigenvalue weighted by Crippen LogP contribution is 2.29. The van der Waals surface area contributed by atoms with E-state index in [1.807, 2.05) is 13.8 Å². The van der Waals surface area contributed by atoms with Crippen LogP contribution in [-0.4, -0.2) is 39.6 Å². The molecule has 2 N–H and O–H groups in total. The number of aromatic amines is 1. The Bertz CT molecular complexity index is 351. The second-order valence-electron chi connectivity index (χ2n) is 4.50. The van der Waals surface area contributed by atoms with Gasteiger partial charge in [-0.3, -0.25) is 4.79 Å². The van der Waals surface area contributed by atoms with Crippen molar-refractivity contribution in [3.8, 4) is 0 Å². The molecule has 1 aliphatic heterocycles. The monoisotopic (exact) mass is 208 g/mol. The molecule has 0 spiro atoms. The second kappa shape index (κ2) is 3.38. The molecule has 0 aromatic carbocycles. The fourth-order valence-electron chi connectivity index (χ4n) is 1.76. The van der Waals surface area contributed by atoms with E-state index in [9.17, 15) is 9.90 Å². The van der Waals surface area contributed by atoms with Crippen molar-refractivity contribution >= 4 is 5.91 Å². The van der Waals surface area contributed by atoms with Gasteiger partial charge in [-0.25, -0.2) is 0 Å². The Kier molecular flexibility index (Phi) is 2.31. The van der Waals surface area contributed by atoms with Crippen LogP contribution in [0.1, 0.15) is 24.3 Å². The molecule has 1 saturated heterocycles. The summed E-state index contributed by atoms with van der Waals surface area (Å²) in [6.45, 7) is 4.80. The second-order valence-corrected chi connectivity index (χ2v) is 4.50. The number of H-pyrrole nitrogens is 1. The molecule has 4 nitrogen and oxygen atoms in total. The van der Waals surface area contributed by atoms with Gasteiger partial charge in [-0.15, -0.1) is 0 Å². The Morgan fingerprint density at radius 1 is 1.60 bits per heavy atom. The van der Waals surface area contributed by atoms with Crippen molar-refractivity contribution in [3.63, 3.8) is 0 Å². The van der Waals surface area contributed by atoms with Crippen molar-refractivity contribution < 1.29 is 9.90 Å². The summed E-state index contributed by atoms with van der Waals surface area (Å²) in [4.78, 5) is 16.3. The van der Waals surface area contributed by atoms with Gasteiger partial charge < -0.3 is 15.0 Å². The number of amides is 1. The minimum Gasteiger partial charge on any atom is -0.386 e. The fraction of sp³-hybridized carbons (Fsp3) is 0.545.